The third kappa shape index (κ3) is 9.43. The molecule has 0 aromatic carbocycles. The second kappa shape index (κ2) is 15.2. The highest BCUT2D eigenvalue weighted by atomic mass is 16.4. The summed E-state index contributed by atoms with van der Waals surface area (Å²) < 4.78 is 0. The molecule has 1 amide bonds. The Hall–Kier alpha value is -1.67. The first-order valence-electron chi connectivity index (χ1n) is 11.6. The molecule has 8 nitrogen and oxygen atoms in total. The zero-order valence-electron chi connectivity index (χ0n) is 18.3. The zero-order chi connectivity index (χ0) is 22.2. The van der Waals surface area contributed by atoms with Crippen LogP contribution in [0.4, 0.5) is 0 Å². The van der Waals surface area contributed by atoms with E-state index in [1.807, 2.05) is 0 Å². The average Bonchev–Trinajstić information content (AvgIpc) is 2.92. The third-order valence-corrected chi connectivity index (χ3v) is 6.04. The standard InChI is InChI=1S/C22H41N3O5/c23-15-9-4-5-10-17-25-22(21(29)30,18-12-7-11-16-24-20(18)28)14-8-3-1-2-6-13-19(26)27/h18,25H,1-17,23H2,(H,24,28)(H,26,27)(H,29,30). The van der Waals surface area contributed by atoms with Crippen LogP contribution in [0.3, 0.4) is 0 Å². The van der Waals surface area contributed by atoms with E-state index in [1.54, 1.807) is 0 Å². The number of unbranched alkanes of at least 4 members (excludes halogenated alkanes) is 7. The summed E-state index contributed by atoms with van der Waals surface area (Å²) in [7, 11) is 0. The van der Waals surface area contributed by atoms with Gasteiger partial charge in [-0.05, 0) is 51.6 Å². The number of aliphatic carboxylic acids is 2. The fourth-order valence-corrected chi connectivity index (χ4v) is 4.27. The molecule has 0 aromatic rings. The van der Waals surface area contributed by atoms with Gasteiger partial charge in [-0.3, -0.25) is 14.4 Å². The molecule has 174 valence electrons. The Morgan fingerprint density at radius 1 is 1.00 bits per heavy atom. The van der Waals surface area contributed by atoms with E-state index in [9.17, 15) is 19.5 Å². The molecular formula is C22H41N3O5. The van der Waals surface area contributed by atoms with Gasteiger partial charge in [0.15, 0.2) is 0 Å². The molecule has 1 aliphatic rings. The predicted molar refractivity (Wildman–Crippen MR) is 116 cm³/mol. The summed E-state index contributed by atoms with van der Waals surface area (Å²) in [5.74, 6) is -2.46. The van der Waals surface area contributed by atoms with Crippen molar-refractivity contribution in [3.05, 3.63) is 0 Å². The minimum atomic E-state index is -1.25. The summed E-state index contributed by atoms with van der Waals surface area (Å²) in [4.78, 5) is 35.7. The lowest BCUT2D eigenvalue weighted by atomic mass is 9.76. The van der Waals surface area contributed by atoms with Crippen LogP contribution >= 0.6 is 0 Å². The van der Waals surface area contributed by atoms with Crippen molar-refractivity contribution in [3.8, 4) is 0 Å². The number of carbonyl (C=O) groups is 3. The summed E-state index contributed by atoms with van der Waals surface area (Å²) in [6.45, 7) is 1.84. The smallest absolute Gasteiger partial charge is 0.324 e. The van der Waals surface area contributed by atoms with E-state index >= 15 is 0 Å². The number of nitrogens with two attached hydrogens (primary N) is 1. The molecule has 0 bridgehead atoms. The topological polar surface area (TPSA) is 142 Å². The first-order chi connectivity index (χ1) is 14.4. The fraction of sp³-hybridized carbons (Fsp3) is 0.864. The maximum absolute atomic E-state index is 12.7. The number of amides is 1. The Morgan fingerprint density at radius 3 is 2.37 bits per heavy atom. The van der Waals surface area contributed by atoms with Gasteiger partial charge in [0.05, 0.1) is 5.92 Å². The molecule has 1 heterocycles. The molecule has 0 aliphatic carbocycles. The van der Waals surface area contributed by atoms with E-state index in [1.165, 1.54) is 0 Å². The lowest BCUT2D eigenvalue weighted by molar-refractivity contribution is -0.152. The van der Waals surface area contributed by atoms with Crippen molar-refractivity contribution >= 4 is 17.8 Å². The summed E-state index contributed by atoms with van der Waals surface area (Å²) in [5.41, 5.74) is 4.28. The van der Waals surface area contributed by atoms with Gasteiger partial charge in [0.25, 0.3) is 0 Å². The number of carboxylic acids is 2. The first-order valence-corrected chi connectivity index (χ1v) is 11.6. The number of hydrogen-bond donors (Lipinski definition) is 5. The monoisotopic (exact) mass is 427 g/mol. The van der Waals surface area contributed by atoms with Crippen LogP contribution in [0.5, 0.6) is 0 Å². The van der Waals surface area contributed by atoms with Crippen molar-refractivity contribution in [3.63, 3.8) is 0 Å². The van der Waals surface area contributed by atoms with E-state index in [0.29, 0.717) is 45.3 Å². The second-order valence-electron chi connectivity index (χ2n) is 8.41. The van der Waals surface area contributed by atoms with Crippen molar-refractivity contribution in [1.82, 2.24) is 10.6 Å². The lowest BCUT2D eigenvalue weighted by Gasteiger charge is -2.37. The quantitative estimate of drug-likeness (QED) is 0.225. The van der Waals surface area contributed by atoms with Crippen molar-refractivity contribution in [1.29, 1.82) is 0 Å². The molecule has 0 spiro atoms. The van der Waals surface area contributed by atoms with E-state index in [2.05, 4.69) is 10.6 Å². The molecule has 1 rings (SSSR count). The molecule has 2 atom stereocenters. The van der Waals surface area contributed by atoms with Gasteiger partial charge >= 0.3 is 11.9 Å². The van der Waals surface area contributed by atoms with Crippen LogP contribution in [-0.4, -0.2) is 53.2 Å². The first kappa shape index (κ1) is 26.4. The van der Waals surface area contributed by atoms with Gasteiger partial charge < -0.3 is 26.6 Å². The number of carboxylic acid groups (broad SMARTS) is 2. The van der Waals surface area contributed by atoms with Gasteiger partial charge in [0, 0.05) is 13.0 Å². The maximum atomic E-state index is 12.7. The number of nitrogens with one attached hydrogen (secondary N) is 2. The molecule has 0 aromatic heterocycles. The third-order valence-electron chi connectivity index (χ3n) is 6.04. The van der Waals surface area contributed by atoms with Crippen LogP contribution < -0.4 is 16.4 Å². The number of hydrogen-bond acceptors (Lipinski definition) is 5. The van der Waals surface area contributed by atoms with Gasteiger partial charge in [-0.1, -0.05) is 44.9 Å². The highest BCUT2D eigenvalue weighted by Gasteiger charge is 2.48. The second-order valence-corrected chi connectivity index (χ2v) is 8.41. The molecule has 0 saturated carbocycles. The van der Waals surface area contributed by atoms with Crippen LogP contribution in [-0.2, 0) is 14.4 Å². The van der Waals surface area contributed by atoms with Crippen LogP contribution in [0.1, 0.15) is 89.9 Å². The Balaban J connectivity index is 2.70. The predicted octanol–water partition coefficient (Wildman–Crippen LogP) is 2.65. The van der Waals surface area contributed by atoms with E-state index in [4.69, 9.17) is 10.8 Å². The maximum Gasteiger partial charge on any atom is 0.324 e. The fourth-order valence-electron chi connectivity index (χ4n) is 4.27. The minimum Gasteiger partial charge on any atom is -0.481 e. The van der Waals surface area contributed by atoms with Crippen LogP contribution in [0.15, 0.2) is 0 Å². The lowest BCUT2D eigenvalue weighted by Crippen LogP contribution is -2.61. The summed E-state index contributed by atoms with van der Waals surface area (Å²) in [5, 5.41) is 25.1. The summed E-state index contributed by atoms with van der Waals surface area (Å²) >= 11 is 0. The molecule has 1 fully saturated rings. The van der Waals surface area contributed by atoms with Crippen molar-refractivity contribution < 1.29 is 24.6 Å². The molecule has 8 heteroatoms. The molecule has 1 saturated heterocycles. The Kier molecular flexibility index (Phi) is 13.3. The highest BCUT2D eigenvalue weighted by molar-refractivity contribution is 5.90. The summed E-state index contributed by atoms with van der Waals surface area (Å²) in [6.07, 6.45) is 10.6. The number of carbonyl (C=O) groups excluding carboxylic acids is 1. The van der Waals surface area contributed by atoms with E-state index < -0.39 is 23.4 Å². The van der Waals surface area contributed by atoms with Crippen LogP contribution in [0, 0.1) is 5.92 Å². The zero-order valence-corrected chi connectivity index (χ0v) is 18.3. The van der Waals surface area contributed by atoms with Crippen LogP contribution in [0.2, 0.25) is 0 Å². The highest BCUT2D eigenvalue weighted by Crippen LogP contribution is 2.31. The van der Waals surface area contributed by atoms with Crippen molar-refractivity contribution in [2.45, 2.75) is 95.4 Å². The minimum absolute atomic E-state index is 0.160. The Labute approximate surface area is 180 Å². The molecular weight excluding hydrogens is 386 g/mol. The molecule has 0 radical (unpaired) electrons. The van der Waals surface area contributed by atoms with Gasteiger partial charge in [-0.15, -0.1) is 0 Å². The van der Waals surface area contributed by atoms with Crippen molar-refractivity contribution in [2.24, 2.45) is 11.7 Å². The van der Waals surface area contributed by atoms with Gasteiger partial charge in [-0.25, -0.2) is 0 Å². The average molecular weight is 428 g/mol. The van der Waals surface area contributed by atoms with E-state index in [0.717, 1.165) is 57.8 Å². The molecule has 1 aliphatic heterocycles. The van der Waals surface area contributed by atoms with E-state index in [-0.39, 0.29) is 12.3 Å². The Morgan fingerprint density at radius 2 is 1.67 bits per heavy atom. The van der Waals surface area contributed by atoms with Gasteiger partial charge in [0.2, 0.25) is 5.91 Å². The normalized spacial score (nSPS) is 19.0. The Bertz CT molecular complexity index is 529. The molecule has 2 unspecified atom stereocenters. The summed E-state index contributed by atoms with van der Waals surface area (Å²) in [6, 6.07) is 0. The SMILES string of the molecule is NCCCCCCNC(CCCCCCCC(=O)O)(C(=O)O)C1CCCCNC1=O. The molecule has 6 N–H and O–H groups in total. The number of rotatable bonds is 17. The largest absolute Gasteiger partial charge is 0.481 e. The van der Waals surface area contributed by atoms with Crippen LogP contribution in [0.25, 0.3) is 0 Å². The van der Waals surface area contributed by atoms with Crippen molar-refractivity contribution in [2.75, 3.05) is 19.6 Å². The van der Waals surface area contributed by atoms with Gasteiger partial charge in [-0.2, -0.15) is 0 Å². The van der Waals surface area contributed by atoms with Gasteiger partial charge in [0.1, 0.15) is 5.54 Å². The molecule has 30 heavy (non-hydrogen) atoms.